The van der Waals surface area contributed by atoms with Gasteiger partial charge in [0.05, 0.1) is 0 Å². The predicted molar refractivity (Wildman–Crippen MR) is 113 cm³/mol. The molecule has 0 N–H and O–H groups in total. The third-order valence-corrected chi connectivity index (χ3v) is 5.30. The molecule has 0 aliphatic carbocycles. The Morgan fingerprint density at radius 2 is 1.72 bits per heavy atom. The molecule has 1 aliphatic heterocycles. The summed E-state index contributed by atoms with van der Waals surface area (Å²) in [7, 11) is 0. The van der Waals surface area contributed by atoms with E-state index in [1.54, 1.807) is 11.0 Å². The minimum Gasteiger partial charge on any atom is -0.482 e. The van der Waals surface area contributed by atoms with Crippen molar-refractivity contribution in [3.05, 3.63) is 58.6 Å². The van der Waals surface area contributed by atoms with Gasteiger partial charge in [0, 0.05) is 36.9 Å². The van der Waals surface area contributed by atoms with Gasteiger partial charge in [-0.2, -0.15) is 0 Å². The highest BCUT2D eigenvalue weighted by Gasteiger charge is 2.22. The van der Waals surface area contributed by atoms with Crippen LogP contribution in [0.25, 0.3) is 0 Å². The zero-order chi connectivity index (χ0) is 20.8. The van der Waals surface area contributed by atoms with Gasteiger partial charge in [0.15, 0.2) is 13.2 Å². The Hall–Kier alpha value is -2.73. The Morgan fingerprint density at radius 3 is 2.45 bits per heavy atom. The van der Waals surface area contributed by atoms with Crippen LogP contribution in [0.4, 0.5) is 5.69 Å². The van der Waals surface area contributed by atoms with Gasteiger partial charge in [0.2, 0.25) is 0 Å². The zero-order valence-corrected chi connectivity index (χ0v) is 17.4. The highest BCUT2D eigenvalue weighted by atomic mass is 35.5. The lowest BCUT2D eigenvalue weighted by molar-refractivity contribution is -0.153. The predicted octanol–water partition coefficient (Wildman–Crippen LogP) is 3.23. The van der Waals surface area contributed by atoms with Gasteiger partial charge in [0.25, 0.3) is 5.91 Å². The standard InChI is InChI=1S/C22H25ClN2O4/c1-16-5-3-8-20(17(16)2)28-15-22(27)29-14-21(26)25-11-9-24(10-12-25)19-7-4-6-18(23)13-19/h3-8,13H,9-12,14-15H2,1-2H3. The van der Waals surface area contributed by atoms with Crippen LogP contribution < -0.4 is 9.64 Å². The van der Waals surface area contributed by atoms with Gasteiger partial charge in [-0.15, -0.1) is 0 Å². The van der Waals surface area contributed by atoms with Crippen molar-refractivity contribution in [3.8, 4) is 5.75 Å². The topological polar surface area (TPSA) is 59.1 Å². The highest BCUT2D eigenvalue weighted by Crippen LogP contribution is 2.21. The van der Waals surface area contributed by atoms with Crippen LogP contribution in [0.2, 0.25) is 5.02 Å². The molecule has 0 spiro atoms. The number of benzene rings is 2. The maximum absolute atomic E-state index is 12.3. The summed E-state index contributed by atoms with van der Waals surface area (Å²) in [5.74, 6) is -0.113. The van der Waals surface area contributed by atoms with E-state index in [9.17, 15) is 9.59 Å². The SMILES string of the molecule is Cc1cccc(OCC(=O)OCC(=O)N2CCN(c3cccc(Cl)c3)CC2)c1C. The molecular formula is C22H25ClN2O4. The molecule has 0 saturated carbocycles. The number of halogens is 1. The van der Waals surface area contributed by atoms with Crippen molar-refractivity contribution in [2.24, 2.45) is 0 Å². The van der Waals surface area contributed by atoms with Crippen LogP contribution in [-0.4, -0.2) is 56.2 Å². The van der Waals surface area contributed by atoms with Crippen molar-refractivity contribution in [1.29, 1.82) is 0 Å². The summed E-state index contributed by atoms with van der Waals surface area (Å²) >= 11 is 6.05. The number of amides is 1. The molecule has 0 bridgehead atoms. The molecule has 29 heavy (non-hydrogen) atoms. The van der Waals surface area contributed by atoms with E-state index in [-0.39, 0.29) is 19.1 Å². The summed E-state index contributed by atoms with van der Waals surface area (Å²) in [5, 5.41) is 0.691. The van der Waals surface area contributed by atoms with E-state index in [1.165, 1.54) is 0 Å². The van der Waals surface area contributed by atoms with E-state index in [2.05, 4.69) is 4.90 Å². The number of hydrogen-bond acceptors (Lipinski definition) is 5. The lowest BCUT2D eigenvalue weighted by Gasteiger charge is -2.36. The number of piperazine rings is 1. The molecular weight excluding hydrogens is 392 g/mol. The van der Waals surface area contributed by atoms with Crippen molar-refractivity contribution >= 4 is 29.2 Å². The van der Waals surface area contributed by atoms with E-state index in [4.69, 9.17) is 21.1 Å². The van der Waals surface area contributed by atoms with Crippen molar-refractivity contribution in [2.45, 2.75) is 13.8 Å². The molecule has 2 aromatic rings. The number of carbonyl (C=O) groups excluding carboxylic acids is 2. The van der Waals surface area contributed by atoms with Gasteiger partial charge in [-0.3, -0.25) is 4.79 Å². The first-order chi connectivity index (χ1) is 13.9. The average molecular weight is 417 g/mol. The molecule has 1 aliphatic rings. The molecule has 3 rings (SSSR count). The summed E-state index contributed by atoms with van der Waals surface area (Å²) in [6.45, 7) is 5.97. The fourth-order valence-electron chi connectivity index (χ4n) is 3.18. The van der Waals surface area contributed by atoms with Crippen molar-refractivity contribution in [1.82, 2.24) is 4.90 Å². The fourth-order valence-corrected chi connectivity index (χ4v) is 3.36. The van der Waals surface area contributed by atoms with Crippen molar-refractivity contribution < 1.29 is 19.1 Å². The molecule has 0 aromatic heterocycles. The summed E-state index contributed by atoms with van der Waals surface area (Å²) in [4.78, 5) is 28.2. The molecule has 7 heteroatoms. The first-order valence-corrected chi connectivity index (χ1v) is 9.95. The van der Waals surface area contributed by atoms with Crippen molar-refractivity contribution in [3.63, 3.8) is 0 Å². The normalized spacial score (nSPS) is 13.9. The number of ether oxygens (including phenoxy) is 2. The first kappa shape index (κ1) is 21.0. The molecule has 154 valence electrons. The monoisotopic (exact) mass is 416 g/mol. The van der Waals surface area contributed by atoms with Gasteiger partial charge < -0.3 is 19.3 Å². The van der Waals surface area contributed by atoms with E-state index in [1.807, 2.05) is 50.2 Å². The molecule has 1 fully saturated rings. The summed E-state index contributed by atoms with van der Waals surface area (Å²) < 4.78 is 10.6. The first-order valence-electron chi connectivity index (χ1n) is 9.57. The van der Waals surface area contributed by atoms with Crippen LogP contribution in [-0.2, 0) is 14.3 Å². The van der Waals surface area contributed by atoms with Crippen LogP contribution in [0.1, 0.15) is 11.1 Å². The lowest BCUT2D eigenvalue weighted by atomic mass is 10.1. The van der Waals surface area contributed by atoms with Crippen LogP contribution in [0.3, 0.4) is 0 Å². The third-order valence-electron chi connectivity index (χ3n) is 5.06. The van der Waals surface area contributed by atoms with Gasteiger partial charge in [-0.25, -0.2) is 4.79 Å². The van der Waals surface area contributed by atoms with Crippen LogP contribution in [0.15, 0.2) is 42.5 Å². The third kappa shape index (κ3) is 5.64. The van der Waals surface area contributed by atoms with Crippen LogP contribution >= 0.6 is 11.6 Å². The Bertz CT molecular complexity index is 879. The maximum atomic E-state index is 12.3. The van der Waals surface area contributed by atoms with Gasteiger partial charge >= 0.3 is 5.97 Å². The minimum absolute atomic E-state index is 0.198. The summed E-state index contributed by atoms with van der Waals surface area (Å²) in [6, 6.07) is 13.3. The molecule has 6 nitrogen and oxygen atoms in total. The van der Waals surface area contributed by atoms with Crippen LogP contribution in [0.5, 0.6) is 5.75 Å². The number of anilines is 1. The summed E-state index contributed by atoms with van der Waals surface area (Å²) in [5.41, 5.74) is 3.11. The molecule has 0 unspecified atom stereocenters. The van der Waals surface area contributed by atoms with Crippen LogP contribution in [0, 0.1) is 13.8 Å². The number of carbonyl (C=O) groups is 2. The smallest absolute Gasteiger partial charge is 0.344 e. The molecule has 1 saturated heterocycles. The van der Waals surface area contributed by atoms with E-state index in [0.29, 0.717) is 37.0 Å². The number of aryl methyl sites for hydroxylation is 1. The number of nitrogens with zero attached hydrogens (tertiary/aromatic N) is 2. The van der Waals surface area contributed by atoms with Crippen molar-refractivity contribution in [2.75, 3.05) is 44.3 Å². The molecule has 0 radical (unpaired) electrons. The Balaban J connectivity index is 1.40. The Labute approximate surface area is 176 Å². The zero-order valence-electron chi connectivity index (χ0n) is 16.7. The van der Waals surface area contributed by atoms with E-state index >= 15 is 0 Å². The maximum Gasteiger partial charge on any atom is 0.344 e. The fraction of sp³-hybridized carbons (Fsp3) is 0.364. The van der Waals surface area contributed by atoms with E-state index in [0.717, 1.165) is 16.8 Å². The van der Waals surface area contributed by atoms with Gasteiger partial charge in [-0.05, 0) is 49.2 Å². The summed E-state index contributed by atoms with van der Waals surface area (Å²) in [6.07, 6.45) is 0. The second-order valence-electron chi connectivity index (χ2n) is 7.00. The number of rotatable bonds is 6. The lowest BCUT2D eigenvalue weighted by Crippen LogP contribution is -2.50. The molecule has 0 atom stereocenters. The highest BCUT2D eigenvalue weighted by molar-refractivity contribution is 6.30. The molecule has 1 heterocycles. The molecule has 2 aromatic carbocycles. The second kappa shape index (κ2) is 9.65. The number of esters is 1. The van der Waals surface area contributed by atoms with E-state index < -0.39 is 5.97 Å². The second-order valence-corrected chi connectivity index (χ2v) is 7.43. The largest absolute Gasteiger partial charge is 0.482 e. The average Bonchev–Trinajstić information content (AvgIpc) is 2.73. The van der Waals surface area contributed by atoms with Gasteiger partial charge in [-0.1, -0.05) is 29.8 Å². The minimum atomic E-state index is -0.559. The van der Waals surface area contributed by atoms with Gasteiger partial charge in [0.1, 0.15) is 5.75 Å². The Morgan fingerprint density at radius 1 is 1.00 bits per heavy atom. The molecule has 1 amide bonds. The Kier molecular flexibility index (Phi) is 6.99. The number of hydrogen-bond donors (Lipinski definition) is 0. The quantitative estimate of drug-likeness (QED) is 0.677.